The van der Waals surface area contributed by atoms with Crippen LogP contribution in [0.1, 0.15) is 26.7 Å². The number of likely N-dealkylation sites (tertiary alicyclic amines) is 1. The van der Waals surface area contributed by atoms with Crippen molar-refractivity contribution in [2.75, 3.05) is 26.2 Å². The molecule has 1 rings (SSSR count). The summed E-state index contributed by atoms with van der Waals surface area (Å²) in [5.41, 5.74) is 0. The van der Waals surface area contributed by atoms with Crippen LogP contribution < -0.4 is 5.32 Å². The van der Waals surface area contributed by atoms with Gasteiger partial charge in [-0.1, -0.05) is 6.92 Å². The summed E-state index contributed by atoms with van der Waals surface area (Å²) in [5, 5.41) is 11.7. The molecule has 1 saturated heterocycles. The standard InChI is InChI=1S/C13H22N2O5/c1-3-20-11(16)5-4-6-14-13(19)15-7-9(2)10(8-15)12(17)18/h9-10H,3-8H2,1-2H3,(H,14,19)(H,17,18)/t9-,10-/m1/s1. The number of carboxylic acid groups (broad SMARTS) is 1. The number of ether oxygens (including phenoxy) is 1. The number of aliphatic carboxylic acids is 1. The van der Waals surface area contributed by atoms with Gasteiger partial charge in [0.2, 0.25) is 0 Å². The van der Waals surface area contributed by atoms with Crippen molar-refractivity contribution in [1.82, 2.24) is 10.2 Å². The zero-order chi connectivity index (χ0) is 15.1. The van der Waals surface area contributed by atoms with Crippen LogP contribution in [-0.4, -0.2) is 54.2 Å². The highest BCUT2D eigenvalue weighted by molar-refractivity contribution is 5.77. The van der Waals surface area contributed by atoms with Crippen molar-refractivity contribution in [3.8, 4) is 0 Å². The van der Waals surface area contributed by atoms with Crippen LogP contribution in [0, 0.1) is 11.8 Å². The van der Waals surface area contributed by atoms with Gasteiger partial charge in [-0.3, -0.25) is 9.59 Å². The number of hydrogen-bond donors (Lipinski definition) is 2. The molecule has 7 nitrogen and oxygen atoms in total. The Morgan fingerprint density at radius 2 is 2.05 bits per heavy atom. The summed E-state index contributed by atoms with van der Waals surface area (Å²) >= 11 is 0. The maximum Gasteiger partial charge on any atom is 0.317 e. The SMILES string of the molecule is CCOC(=O)CCCNC(=O)N1C[C@@H](C)[C@H](C(=O)O)C1. The minimum atomic E-state index is -0.866. The van der Waals surface area contributed by atoms with E-state index < -0.39 is 11.9 Å². The van der Waals surface area contributed by atoms with Gasteiger partial charge in [-0.05, 0) is 19.3 Å². The summed E-state index contributed by atoms with van der Waals surface area (Å²) in [6, 6.07) is -0.274. The number of esters is 1. The van der Waals surface area contributed by atoms with Crippen molar-refractivity contribution < 1.29 is 24.2 Å². The molecule has 0 aliphatic carbocycles. The maximum atomic E-state index is 11.8. The Labute approximate surface area is 118 Å². The van der Waals surface area contributed by atoms with E-state index in [1.807, 2.05) is 6.92 Å². The molecule has 114 valence electrons. The summed E-state index contributed by atoms with van der Waals surface area (Å²) in [5.74, 6) is -1.68. The number of hydrogen-bond acceptors (Lipinski definition) is 4. The molecule has 2 amide bonds. The van der Waals surface area contributed by atoms with Crippen LogP contribution in [0.3, 0.4) is 0 Å². The van der Waals surface area contributed by atoms with Crippen LogP contribution in [0.25, 0.3) is 0 Å². The molecule has 0 aromatic rings. The Kier molecular flexibility index (Phi) is 6.27. The van der Waals surface area contributed by atoms with E-state index in [0.29, 0.717) is 26.1 Å². The molecule has 1 aliphatic heterocycles. The van der Waals surface area contributed by atoms with Gasteiger partial charge < -0.3 is 20.1 Å². The molecule has 0 unspecified atom stereocenters. The Morgan fingerprint density at radius 1 is 1.35 bits per heavy atom. The lowest BCUT2D eigenvalue weighted by atomic mass is 9.99. The van der Waals surface area contributed by atoms with Gasteiger partial charge in [0.05, 0.1) is 12.5 Å². The Morgan fingerprint density at radius 3 is 2.60 bits per heavy atom. The quantitative estimate of drug-likeness (QED) is 0.553. The number of carbonyl (C=O) groups is 3. The molecule has 0 bridgehead atoms. The van der Waals surface area contributed by atoms with E-state index in [2.05, 4.69) is 5.32 Å². The lowest BCUT2D eigenvalue weighted by Gasteiger charge is -2.16. The first kappa shape index (κ1) is 16.3. The topological polar surface area (TPSA) is 95.9 Å². The number of amides is 2. The number of carbonyl (C=O) groups excluding carboxylic acids is 2. The fraction of sp³-hybridized carbons (Fsp3) is 0.769. The lowest BCUT2D eigenvalue weighted by molar-refractivity contribution is -0.143. The van der Waals surface area contributed by atoms with Crippen LogP contribution in [0.5, 0.6) is 0 Å². The summed E-state index contributed by atoms with van der Waals surface area (Å²) < 4.78 is 4.78. The zero-order valence-electron chi connectivity index (χ0n) is 11.9. The largest absolute Gasteiger partial charge is 0.481 e. The first-order chi connectivity index (χ1) is 9.45. The van der Waals surface area contributed by atoms with Gasteiger partial charge in [-0.15, -0.1) is 0 Å². The molecule has 0 spiro atoms. The van der Waals surface area contributed by atoms with Gasteiger partial charge in [0.1, 0.15) is 0 Å². The highest BCUT2D eigenvalue weighted by atomic mass is 16.5. The molecule has 2 N–H and O–H groups in total. The van der Waals surface area contributed by atoms with Gasteiger partial charge in [0, 0.05) is 26.1 Å². The lowest BCUT2D eigenvalue weighted by Crippen LogP contribution is -2.39. The average molecular weight is 286 g/mol. The molecule has 0 saturated carbocycles. The van der Waals surface area contributed by atoms with Crippen molar-refractivity contribution in [1.29, 1.82) is 0 Å². The van der Waals surface area contributed by atoms with Crippen LogP contribution >= 0.6 is 0 Å². The molecule has 0 aromatic heterocycles. The van der Waals surface area contributed by atoms with E-state index in [9.17, 15) is 14.4 Å². The fourth-order valence-electron chi connectivity index (χ4n) is 2.23. The highest BCUT2D eigenvalue weighted by Crippen LogP contribution is 2.22. The monoisotopic (exact) mass is 286 g/mol. The van der Waals surface area contributed by atoms with Gasteiger partial charge in [-0.2, -0.15) is 0 Å². The van der Waals surface area contributed by atoms with E-state index in [0.717, 1.165) is 0 Å². The first-order valence-corrected chi connectivity index (χ1v) is 6.86. The normalized spacial score (nSPS) is 21.6. The fourth-order valence-corrected chi connectivity index (χ4v) is 2.23. The second kappa shape index (κ2) is 7.72. The zero-order valence-corrected chi connectivity index (χ0v) is 11.9. The van der Waals surface area contributed by atoms with Crippen LogP contribution in [-0.2, 0) is 14.3 Å². The van der Waals surface area contributed by atoms with E-state index >= 15 is 0 Å². The van der Waals surface area contributed by atoms with E-state index in [1.54, 1.807) is 6.92 Å². The summed E-state index contributed by atoms with van der Waals surface area (Å²) in [7, 11) is 0. The highest BCUT2D eigenvalue weighted by Gasteiger charge is 2.36. The van der Waals surface area contributed by atoms with E-state index in [1.165, 1.54) is 4.90 Å². The van der Waals surface area contributed by atoms with Gasteiger partial charge >= 0.3 is 18.0 Å². The molecule has 2 atom stereocenters. The van der Waals surface area contributed by atoms with Crippen molar-refractivity contribution in [2.24, 2.45) is 11.8 Å². The molecule has 20 heavy (non-hydrogen) atoms. The summed E-state index contributed by atoms with van der Waals surface area (Å²) in [6.45, 7) is 4.98. The molecule has 7 heteroatoms. The minimum Gasteiger partial charge on any atom is -0.481 e. The van der Waals surface area contributed by atoms with E-state index in [-0.39, 0.29) is 30.9 Å². The molecule has 0 aromatic carbocycles. The molecular weight excluding hydrogens is 264 g/mol. The van der Waals surface area contributed by atoms with Crippen molar-refractivity contribution >= 4 is 18.0 Å². The van der Waals surface area contributed by atoms with Gasteiger partial charge in [-0.25, -0.2) is 4.79 Å². The Bertz CT molecular complexity index is 372. The van der Waals surface area contributed by atoms with Crippen LogP contribution in [0.2, 0.25) is 0 Å². The molecule has 1 aliphatic rings. The average Bonchev–Trinajstić information content (AvgIpc) is 2.77. The maximum absolute atomic E-state index is 11.8. The summed E-state index contributed by atoms with van der Waals surface area (Å²) in [4.78, 5) is 35.4. The number of carboxylic acids is 1. The first-order valence-electron chi connectivity index (χ1n) is 6.86. The number of rotatable bonds is 6. The number of nitrogens with zero attached hydrogens (tertiary/aromatic N) is 1. The number of urea groups is 1. The van der Waals surface area contributed by atoms with Crippen molar-refractivity contribution in [3.05, 3.63) is 0 Å². The second-order valence-electron chi connectivity index (χ2n) is 4.97. The summed E-state index contributed by atoms with van der Waals surface area (Å²) in [6.07, 6.45) is 0.776. The van der Waals surface area contributed by atoms with Gasteiger partial charge in [0.25, 0.3) is 0 Å². The smallest absolute Gasteiger partial charge is 0.317 e. The minimum absolute atomic E-state index is 0.0437. The molecule has 1 fully saturated rings. The molecular formula is C13H22N2O5. The number of nitrogens with one attached hydrogen (secondary N) is 1. The predicted molar refractivity (Wildman–Crippen MR) is 71.1 cm³/mol. The predicted octanol–water partition coefficient (Wildman–Crippen LogP) is 0.692. The van der Waals surface area contributed by atoms with Crippen molar-refractivity contribution in [3.63, 3.8) is 0 Å². The van der Waals surface area contributed by atoms with Crippen molar-refractivity contribution in [2.45, 2.75) is 26.7 Å². The molecule has 0 radical (unpaired) electrons. The van der Waals surface area contributed by atoms with Gasteiger partial charge in [0.15, 0.2) is 0 Å². The Hall–Kier alpha value is -1.79. The Balaban J connectivity index is 2.24. The van der Waals surface area contributed by atoms with E-state index in [4.69, 9.17) is 9.84 Å². The second-order valence-corrected chi connectivity index (χ2v) is 4.97. The third-order valence-electron chi connectivity index (χ3n) is 3.36. The third kappa shape index (κ3) is 4.71. The third-order valence-corrected chi connectivity index (χ3v) is 3.36. The van der Waals surface area contributed by atoms with Crippen LogP contribution in [0.4, 0.5) is 4.79 Å². The van der Waals surface area contributed by atoms with Crippen LogP contribution in [0.15, 0.2) is 0 Å². The molecule has 1 heterocycles.